The largest absolute Gasteiger partial charge is 0.478 e. The van der Waals surface area contributed by atoms with Gasteiger partial charge in [0.2, 0.25) is 0 Å². The lowest BCUT2D eigenvalue weighted by Gasteiger charge is -2.14. The Bertz CT molecular complexity index is 599. The van der Waals surface area contributed by atoms with Crippen molar-refractivity contribution in [3.8, 4) is 0 Å². The molecule has 0 heterocycles. The molecule has 2 rings (SSSR count). The molecule has 0 saturated carbocycles. The van der Waals surface area contributed by atoms with Crippen LogP contribution in [-0.2, 0) is 0 Å². The fourth-order valence-corrected chi connectivity index (χ4v) is 1.97. The summed E-state index contributed by atoms with van der Waals surface area (Å²) in [5, 5.41) is 11.9. The first-order valence-corrected chi connectivity index (χ1v) is 6.39. The first-order chi connectivity index (χ1) is 9.58. The van der Waals surface area contributed by atoms with Gasteiger partial charge in [0, 0.05) is 12.2 Å². The Morgan fingerprint density at radius 1 is 1.25 bits per heavy atom. The first-order valence-electron chi connectivity index (χ1n) is 6.39. The third-order valence-corrected chi connectivity index (χ3v) is 3.18. The fraction of sp³-hybridized carbons (Fsp3) is 0.188. The van der Waals surface area contributed by atoms with Gasteiger partial charge < -0.3 is 10.4 Å². The molecule has 0 amide bonds. The molecule has 2 N–H and O–H groups in total. The third kappa shape index (κ3) is 3.35. The van der Waals surface area contributed by atoms with Crippen molar-refractivity contribution in [3.63, 3.8) is 0 Å². The van der Waals surface area contributed by atoms with Gasteiger partial charge in [0.05, 0.1) is 5.56 Å². The topological polar surface area (TPSA) is 49.3 Å². The Hall–Kier alpha value is -2.36. The number of anilines is 1. The summed E-state index contributed by atoms with van der Waals surface area (Å²) in [4.78, 5) is 10.7. The second kappa shape index (κ2) is 6.19. The molecule has 0 aliphatic heterocycles. The van der Waals surface area contributed by atoms with E-state index < -0.39 is 11.8 Å². The Morgan fingerprint density at radius 2 is 1.95 bits per heavy atom. The third-order valence-electron chi connectivity index (χ3n) is 3.18. The van der Waals surface area contributed by atoms with Crippen LogP contribution in [0.25, 0.3) is 0 Å². The number of carbonyl (C=O) groups is 1. The lowest BCUT2D eigenvalue weighted by Crippen LogP contribution is -2.10. The van der Waals surface area contributed by atoms with E-state index in [2.05, 4.69) is 12.2 Å². The molecule has 4 heteroatoms. The maximum atomic E-state index is 13.5. The molecule has 0 saturated heterocycles. The minimum Gasteiger partial charge on any atom is -0.478 e. The predicted octanol–water partition coefficient (Wildman–Crippen LogP) is 3.74. The number of benzene rings is 2. The summed E-state index contributed by atoms with van der Waals surface area (Å²) < 4.78 is 13.5. The van der Waals surface area contributed by atoms with Gasteiger partial charge in [0.1, 0.15) is 5.82 Å². The molecular formula is C16H16FNO2. The van der Waals surface area contributed by atoms with Crippen molar-refractivity contribution < 1.29 is 14.3 Å². The number of carboxylic acid groups (broad SMARTS) is 1. The van der Waals surface area contributed by atoms with E-state index >= 15 is 0 Å². The van der Waals surface area contributed by atoms with Gasteiger partial charge in [-0.2, -0.15) is 0 Å². The quantitative estimate of drug-likeness (QED) is 0.872. The number of aromatic carboxylic acids is 1. The summed E-state index contributed by atoms with van der Waals surface area (Å²) in [5.74, 6) is -1.71. The van der Waals surface area contributed by atoms with Crippen LogP contribution < -0.4 is 5.32 Å². The number of carboxylic acids is 1. The summed E-state index contributed by atoms with van der Waals surface area (Å²) in [5.41, 5.74) is 1.46. The van der Waals surface area contributed by atoms with E-state index in [1.165, 1.54) is 17.7 Å². The molecule has 0 aliphatic carbocycles. The minimum absolute atomic E-state index is 0.276. The zero-order valence-electron chi connectivity index (χ0n) is 11.1. The number of nitrogens with one attached hydrogen (secondary N) is 1. The lowest BCUT2D eigenvalue weighted by atomic mass is 10.0. The molecule has 0 bridgehead atoms. The minimum atomic E-state index is -1.26. The predicted molar refractivity (Wildman–Crippen MR) is 76.7 cm³/mol. The van der Waals surface area contributed by atoms with Crippen LogP contribution in [0.15, 0.2) is 48.5 Å². The van der Waals surface area contributed by atoms with Crippen molar-refractivity contribution in [2.75, 3.05) is 11.9 Å². The summed E-state index contributed by atoms with van der Waals surface area (Å²) in [6.07, 6.45) is 0. The van der Waals surface area contributed by atoms with Crippen molar-refractivity contribution >= 4 is 11.7 Å². The fourth-order valence-electron chi connectivity index (χ4n) is 1.97. The highest BCUT2D eigenvalue weighted by Crippen LogP contribution is 2.18. The van der Waals surface area contributed by atoms with Crippen LogP contribution in [0, 0.1) is 5.82 Å². The Morgan fingerprint density at radius 3 is 2.55 bits per heavy atom. The number of halogens is 1. The van der Waals surface area contributed by atoms with Crippen LogP contribution in [0.2, 0.25) is 0 Å². The molecule has 20 heavy (non-hydrogen) atoms. The van der Waals surface area contributed by atoms with Crippen molar-refractivity contribution in [1.29, 1.82) is 0 Å². The van der Waals surface area contributed by atoms with E-state index in [4.69, 9.17) is 5.11 Å². The molecule has 1 unspecified atom stereocenters. The molecule has 104 valence electrons. The molecule has 1 atom stereocenters. The van der Waals surface area contributed by atoms with Gasteiger partial charge in [0.25, 0.3) is 0 Å². The van der Waals surface area contributed by atoms with Crippen LogP contribution in [-0.4, -0.2) is 17.6 Å². The molecule has 0 fully saturated rings. The highest BCUT2D eigenvalue weighted by molar-refractivity contribution is 5.88. The Balaban J connectivity index is 2.01. The van der Waals surface area contributed by atoms with Gasteiger partial charge in [-0.1, -0.05) is 37.3 Å². The SMILES string of the molecule is CC(CNc1ccc(C(=O)O)c(F)c1)c1ccccc1. The average molecular weight is 273 g/mol. The van der Waals surface area contributed by atoms with E-state index in [-0.39, 0.29) is 11.5 Å². The second-order valence-corrected chi connectivity index (χ2v) is 4.69. The zero-order valence-corrected chi connectivity index (χ0v) is 11.1. The zero-order chi connectivity index (χ0) is 14.5. The summed E-state index contributed by atoms with van der Waals surface area (Å²) >= 11 is 0. The van der Waals surface area contributed by atoms with E-state index in [9.17, 15) is 9.18 Å². The van der Waals surface area contributed by atoms with Crippen molar-refractivity contribution in [3.05, 3.63) is 65.5 Å². The van der Waals surface area contributed by atoms with E-state index in [0.717, 1.165) is 0 Å². The van der Waals surface area contributed by atoms with Gasteiger partial charge >= 0.3 is 5.97 Å². The van der Waals surface area contributed by atoms with Crippen LogP contribution in [0.4, 0.5) is 10.1 Å². The van der Waals surface area contributed by atoms with Gasteiger partial charge in [-0.3, -0.25) is 0 Å². The van der Waals surface area contributed by atoms with Crippen molar-refractivity contribution in [2.24, 2.45) is 0 Å². The first kappa shape index (κ1) is 14.1. The molecule has 0 aromatic heterocycles. The van der Waals surface area contributed by atoms with Crippen molar-refractivity contribution in [2.45, 2.75) is 12.8 Å². The number of hydrogen-bond acceptors (Lipinski definition) is 2. The molecule has 2 aromatic carbocycles. The normalized spacial score (nSPS) is 11.9. The Labute approximate surface area is 117 Å². The van der Waals surface area contributed by atoms with Crippen LogP contribution in [0.3, 0.4) is 0 Å². The maximum absolute atomic E-state index is 13.5. The van der Waals surface area contributed by atoms with Gasteiger partial charge in [-0.25, -0.2) is 9.18 Å². The highest BCUT2D eigenvalue weighted by Gasteiger charge is 2.11. The molecule has 0 aliphatic rings. The van der Waals surface area contributed by atoms with Crippen molar-refractivity contribution in [1.82, 2.24) is 0 Å². The molecule has 2 aromatic rings. The van der Waals surface area contributed by atoms with Crippen LogP contribution in [0.5, 0.6) is 0 Å². The summed E-state index contributed by atoms with van der Waals surface area (Å²) in [6, 6.07) is 14.1. The van der Waals surface area contributed by atoms with E-state index in [1.54, 1.807) is 6.07 Å². The smallest absolute Gasteiger partial charge is 0.338 e. The lowest BCUT2D eigenvalue weighted by molar-refractivity contribution is 0.0692. The summed E-state index contributed by atoms with van der Waals surface area (Å²) in [7, 11) is 0. The van der Waals surface area contributed by atoms with Gasteiger partial charge in [-0.05, 0) is 29.7 Å². The van der Waals surface area contributed by atoms with E-state index in [1.807, 2.05) is 30.3 Å². The molecular weight excluding hydrogens is 257 g/mol. The number of rotatable bonds is 5. The van der Waals surface area contributed by atoms with Crippen LogP contribution in [0.1, 0.15) is 28.8 Å². The van der Waals surface area contributed by atoms with Gasteiger partial charge in [-0.15, -0.1) is 0 Å². The van der Waals surface area contributed by atoms with Crippen LogP contribution >= 0.6 is 0 Å². The molecule has 0 radical (unpaired) electrons. The Kier molecular flexibility index (Phi) is 4.35. The standard InChI is InChI=1S/C16H16FNO2/c1-11(12-5-3-2-4-6-12)10-18-13-7-8-14(16(19)20)15(17)9-13/h2-9,11,18H,10H2,1H3,(H,19,20). The number of hydrogen-bond donors (Lipinski definition) is 2. The monoisotopic (exact) mass is 273 g/mol. The second-order valence-electron chi connectivity index (χ2n) is 4.69. The maximum Gasteiger partial charge on any atom is 0.338 e. The summed E-state index contributed by atoms with van der Waals surface area (Å²) in [6.45, 7) is 2.72. The molecule has 3 nitrogen and oxygen atoms in total. The average Bonchev–Trinajstić information content (AvgIpc) is 2.45. The highest BCUT2D eigenvalue weighted by atomic mass is 19.1. The van der Waals surface area contributed by atoms with E-state index in [0.29, 0.717) is 12.2 Å². The van der Waals surface area contributed by atoms with Gasteiger partial charge in [0.15, 0.2) is 0 Å². The molecule has 0 spiro atoms.